The fourth-order valence-electron chi connectivity index (χ4n) is 2.32. The van der Waals surface area contributed by atoms with E-state index in [1.54, 1.807) is 18.7 Å². The Morgan fingerprint density at radius 1 is 1.14 bits per heavy atom. The number of nitrogens with zero attached hydrogens (tertiary/aromatic N) is 2. The Hall–Kier alpha value is -2.34. The third-order valence-corrected chi connectivity index (χ3v) is 4.30. The molecule has 0 radical (unpaired) electrons. The third-order valence-electron chi connectivity index (χ3n) is 3.37. The van der Waals surface area contributed by atoms with Crippen LogP contribution in [-0.2, 0) is 16.4 Å². The van der Waals surface area contributed by atoms with Crippen LogP contribution < -0.4 is 0 Å². The lowest BCUT2D eigenvalue weighted by Crippen LogP contribution is -2.11. The highest BCUT2D eigenvalue weighted by molar-refractivity contribution is 7.90. The van der Waals surface area contributed by atoms with Crippen molar-refractivity contribution in [2.24, 2.45) is 0 Å². The highest BCUT2D eigenvalue weighted by Gasteiger charge is 2.14. The minimum absolute atomic E-state index is 0.0826. The first kappa shape index (κ1) is 14.6. The van der Waals surface area contributed by atoms with Crippen molar-refractivity contribution in [3.63, 3.8) is 0 Å². The lowest BCUT2D eigenvalue weighted by molar-refractivity contribution is 0.582. The highest BCUT2D eigenvalue weighted by atomic mass is 32.2. The highest BCUT2D eigenvalue weighted by Crippen LogP contribution is 2.31. The van der Waals surface area contributed by atoms with Crippen LogP contribution in [0.2, 0.25) is 0 Å². The quantitative estimate of drug-likeness (QED) is 0.726. The van der Waals surface area contributed by atoms with Gasteiger partial charge in [0.1, 0.15) is 21.4 Å². The molecule has 22 heavy (non-hydrogen) atoms. The Bertz CT molecular complexity index is 864. The van der Waals surface area contributed by atoms with Crippen LogP contribution in [0.4, 0.5) is 0 Å². The first-order valence-corrected chi connectivity index (χ1v) is 8.93. The summed E-state index contributed by atoms with van der Waals surface area (Å²) in [6.45, 7) is 0.376. The van der Waals surface area contributed by atoms with E-state index in [1.807, 2.05) is 41.0 Å². The molecule has 0 fully saturated rings. The molecule has 0 unspecified atom stereocenters. The van der Waals surface area contributed by atoms with Gasteiger partial charge in [0.25, 0.3) is 0 Å². The molecule has 3 aromatic rings. The molecule has 0 N–H and O–H groups in total. The summed E-state index contributed by atoms with van der Waals surface area (Å²) in [5, 5.41) is 0. The van der Waals surface area contributed by atoms with Crippen LogP contribution in [0.25, 0.3) is 22.7 Å². The molecule has 2 aromatic heterocycles. The van der Waals surface area contributed by atoms with Crippen molar-refractivity contribution in [3.8, 4) is 22.7 Å². The van der Waals surface area contributed by atoms with Crippen molar-refractivity contribution < 1.29 is 12.8 Å². The largest absolute Gasteiger partial charge is 0.464 e. The molecule has 0 saturated carbocycles. The molecule has 0 aliphatic rings. The molecule has 0 saturated heterocycles. The Morgan fingerprint density at radius 2 is 1.91 bits per heavy atom. The summed E-state index contributed by atoms with van der Waals surface area (Å²) in [7, 11) is -3.02. The van der Waals surface area contributed by atoms with Crippen molar-refractivity contribution in [3.05, 3.63) is 55.1 Å². The number of rotatable bonds is 5. The molecular weight excluding hydrogens is 300 g/mol. The van der Waals surface area contributed by atoms with Gasteiger partial charge in [-0.15, -0.1) is 0 Å². The van der Waals surface area contributed by atoms with E-state index in [1.165, 1.54) is 6.26 Å². The van der Waals surface area contributed by atoms with Crippen LogP contribution in [0.5, 0.6) is 0 Å². The Kier molecular flexibility index (Phi) is 3.85. The van der Waals surface area contributed by atoms with Crippen LogP contribution in [0.3, 0.4) is 0 Å². The van der Waals surface area contributed by atoms with Crippen LogP contribution in [-0.4, -0.2) is 30.0 Å². The molecule has 2 heterocycles. The zero-order valence-corrected chi connectivity index (χ0v) is 13.0. The van der Waals surface area contributed by atoms with E-state index in [4.69, 9.17) is 4.42 Å². The molecular formula is C16H16N2O3S. The predicted octanol–water partition coefficient (Wildman–Crippen LogP) is 2.85. The molecule has 0 bridgehead atoms. The van der Waals surface area contributed by atoms with E-state index in [0.717, 1.165) is 22.7 Å². The summed E-state index contributed by atoms with van der Waals surface area (Å²) in [6, 6.07) is 11.5. The van der Waals surface area contributed by atoms with Gasteiger partial charge in [-0.3, -0.25) is 0 Å². The molecule has 114 valence electrons. The van der Waals surface area contributed by atoms with E-state index in [-0.39, 0.29) is 5.75 Å². The van der Waals surface area contributed by atoms with Gasteiger partial charge in [-0.05, 0) is 12.1 Å². The van der Waals surface area contributed by atoms with Gasteiger partial charge in [0.05, 0.1) is 12.0 Å². The fraction of sp³-hybridized carbons (Fsp3) is 0.188. The lowest BCUT2D eigenvalue weighted by Gasteiger charge is -2.10. The van der Waals surface area contributed by atoms with E-state index >= 15 is 0 Å². The Morgan fingerprint density at radius 3 is 2.59 bits per heavy atom. The lowest BCUT2D eigenvalue weighted by atomic mass is 10.0. The van der Waals surface area contributed by atoms with Crippen molar-refractivity contribution >= 4 is 9.84 Å². The maximum atomic E-state index is 11.4. The summed E-state index contributed by atoms with van der Waals surface area (Å²) in [4.78, 5) is 4.38. The number of aryl methyl sites for hydroxylation is 1. The number of benzene rings is 1. The average Bonchev–Trinajstić information content (AvgIpc) is 3.16. The van der Waals surface area contributed by atoms with Gasteiger partial charge in [-0.25, -0.2) is 13.4 Å². The maximum absolute atomic E-state index is 11.4. The van der Waals surface area contributed by atoms with E-state index in [0.29, 0.717) is 6.54 Å². The van der Waals surface area contributed by atoms with Gasteiger partial charge in [0.2, 0.25) is 0 Å². The van der Waals surface area contributed by atoms with Crippen LogP contribution in [0, 0.1) is 0 Å². The van der Waals surface area contributed by atoms with Gasteiger partial charge < -0.3 is 8.98 Å². The second-order valence-corrected chi connectivity index (χ2v) is 7.36. The van der Waals surface area contributed by atoms with Crippen molar-refractivity contribution in [1.82, 2.24) is 9.55 Å². The summed E-state index contributed by atoms with van der Waals surface area (Å²) in [6.07, 6.45) is 6.33. The molecule has 0 spiro atoms. The Balaban J connectivity index is 2.01. The van der Waals surface area contributed by atoms with Crippen LogP contribution in [0.15, 0.2) is 59.5 Å². The van der Waals surface area contributed by atoms with Gasteiger partial charge in [0.15, 0.2) is 0 Å². The number of sulfone groups is 1. The summed E-state index contributed by atoms with van der Waals surface area (Å²) in [5.41, 5.74) is 1.84. The average molecular weight is 316 g/mol. The molecule has 0 atom stereocenters. The van der Waals surface area contributed by atoms with E-state index in [9.17, 15) is 8.42 Å². The molecule has 0 aliphatic heterocycles. The van der Waals surface area contributed by atoms with Crippen molar-refractivity contribution in [2.75, 3.05) is 12.0 Å². The van der Waals surface area contributed by atoms with Crippen LogP contribution >= 0.6 is 0 Å². The second-order valence-electron chi connectivity index (χ2n) is 5.10. The number of aromatic nitrogens is 2. The smallest absolute Gasteiger partial charge is 0.149 e. The van der Waals surface area contributed by atoms with E-state index in [2.05, 4.69) is 4.98 Å². The minimum atomic E-state index is -3.02. The minimum Gasteiger partial charge on any atom is -0.464 e. The Labute approximate surface area is 129 Å². The standard InChI is InChI=1S/C16H16N2O3S/c1-22(19,20)12-10-18-9-8-17-16(18)14-6-3-2-5-13(14)15-7-4-11-21-15/h2-9,11H,10,12H2,1H3. The monoisotopic (exact) mass is 316 g/mol. The number of hydrogen-bond acceptors (Lipinski definition) is 4. The normalized spacial score (nSPS) is 11.7. The van der Waals surface area contributed by atoms with Gasteiger partial charge >= 0.3 is 0 Å². The topological polar surface area (TPSA) is 65.1 Å². The number of furan rings is 1. The number of imidazole rings is 1. The van der Waals surface area contributed by atoms with Gasteiger partial charge in [-0.2, -0.15) is 0 Å². The maximum Gasteiger partial charge on any atom is 0.149 e. The molecule has 5 nitrogen and oxygen atoms in total. The van der Waals surface area contributed by atoms with Crippen molar-refractivity contribution in [2.45, 2.75) is 6.54 Å². The molecule has 1 aromatic carbocycles. The SMILES string of the molecule is CS(=O)(=O)CCn1ccnc1-c1ccccc1-c1ccco1. The molecule has 6 heteroatoms. The zero-order chi connectivity index (χ0) is 15.6. The first-order valence-electron chi connectivity index (χ1n) is 6.87. The molecule has 3 rings (SSSR count). The first-order chi connectivity index (χ1) is 10.5. The summed E-state index contributed by atoms with van der Waals surface area (Å²) < 4.78 is 30.1. The van der Waals surface area contributed by atoms with Gasteiger partial charge in [0, 0.05) is 36.3 Å². The molecule has 0 aliphatic carbocycles. The molecule has 0 amide bonds. The van der Waals surface area contributed by atoms with Gasteiger partial charge in [-0.1, -0.05) is 24.3 Å². The predicted molar refractivity (Wildman–Crippen MR) is 85.1 cm³/mol. The van der Waals surface area contributed by atoms with Crippen molar-refractivity contribution in [1.29, 1.82) is 0 Å². The zero-order valence-electron chi connectivity index (χ0n) is 12.1. The summed E-state index contributed by atoms with van der Waals surface area (Å²) >= 11 is 0. The fourth-order valence-corrected chi connectivity index (χ4v) is 2.85. The van der Waals surface area contributed by atoms with Crippen LogP contribution in [0.1, 0.15) is 0 Å². The number of hydrogen-bond donors (Lipinski definition) is 0. The second kappa shape index (κ2) is 5.81. The van der Waals surface area contributed by atoms with E-state index < -0.39 is 9.84 Å². The summed E-state index contributed by atoms with van der Waals surface area (Å²) in [5.74, 6) is 1.57. The third kappa shape index (κ3) is 3.12.